The number of aliphatic hydroxyl groups is 1. The van der Waals surface area contributed by atoms with Gasteiger partial charge in [-0.15, -0.1) is 0 Å². The molecule has 3 heteroatoms. The number of rotatable bonds is 4. The molecule has 2 aliphatic rings. The van der Waals surface area contributed by atoms with Crippen molar-refractivity contribution in [2.24, 2.45) is 5.92 Å². The maximum Gasteiger partial charge on any atom is 0.0689 e. The fourth-order valence-electron chi connectivity index (χ4n) is 2.56. The number of aliphatic hydroxyl groups excluding tert-OH is 1. The van der Waals surface area contributed by atoms with E-state index in [0.29, 0.717) is 18.6 Å². The lowest BCUT2D eigenvalue weighted by molar-refractivity contribution is 0.146. The molecule has 0 bridgehead atoms. The largest absolute Gasteiger partial charge is 0.396 e. The summed E-state index contributed by atoms with van der Waals surface area (Å²) in [5.41, 5.74) is 1.40. The molecule has 0 radical (unpaired) electrons. The molecule has 0 aromatic carbocycles. The van der Waals surface area contributed by atoms with Crippen LogP contribution < -0.4 is 5.32 Å². The molecule has 0 unspecified atom stereocenters. The van der Waals surface area contributed by atoms with Crippen LogP contribution in [0.1, 0.15) is 32.1 Å². The first kappa shape index (κ1) is 12.1. The van der Waals surface area contributed by atoms with Crippen molar-refractivity contribution >= 4 is 0 Å². The lowest BCUT2D eigenvalue weighted by Crippen LogP contribution is -2.35. The van der Waals surface area contributed by atoms with Crippen LogP contribution in [-0.2, 0) is 4.74 Å². The van der Waals surface area contributed by atoms with Crippen molar-refractivity contribution < 1.29 is 9.84 Å². The summed E-state index contributed by atoms with van der Waals surface area (Å²) in [6, 6.07) is 0.644. The van der Waals surface area contributed by atoms with Crippen LogP contribution in [0.5, 0.6) is 0 Å². The van der Waals surface area contributed by atoms with Gasteiger partial charge in [0.25, 0.3) is 0 Å². The summed E-state index contributed by atoms with van der Waals surface area (Å²) in [5, 5.41) is 12.7. The summed E-state index contributed by atoms with van der Waals surface area (Å²) >= 11 is 0. The molecule has 0 aromatic rings. The average molecular weight is 225 g/mol. The van der Waals surface area contributed by atoms with Crippen LogP contribution in [-0.4, -0.2) is 37.5 Å². The minimum Gasteiger partial charge on any atom is -0.396 e. The highest BCUT2D eigenvalue weighted by Crippen LogP contribution is 2.23. The Bertz CT molecular complexity index is 232. The maximum absolute atomic E-state index is 9.06. The third-order valence-electron chi connectivity index (χ3n) is 3.71. The topological polar surface area (TPSA) is 41.5 Å². The Balaban J connectivity index is 1.65. The van der Waals surface area contributed by atoms with E-state index in [9.17, 15) is 0 Å². The van der Waals surface area contributed by atoms with E-state index in [1.807, 2.05) is 0 Å². The monoisotopic (exact) mass is 225 g/mol. The lowest BCUT2D eigenvalue weighted by atomic mass is 9.86. The van der Waals surface area contributed by atoms with E-state index >= 15 is 0 Å². The molecule has 1 fully saturated rings. The minimum atomic E-state index is 0.367. The Hall–Kier alpha value is -0.380. The van der Waals surface area contributed by atoms with E-state index in [0.717, 1.165) is 26.2 Å². The van der Waals surface area contributed by atoms with Crippen LogP contribution >= 0.6 is 0 Å². The molecule has 1 aliphatic carbocycles. The minimum absolute atomic E-state index is 0.367. The average Bonchev–Trinajstić information content (AvgIpc) is 2.38. The molecule has 0 spiro atoms. The highest BCUT2D eigenvalue weighted by atomic mass is 16.5. The molecule has 2 rings (SSSR count). The highest BCUT2D eigenvalue weighted by molar-refractivity contribution is 5.07. The van der Waals surface area contributed by atoms with Gasteiger partial charge in [-0.2, -0.15) is 0 Å². The zero-order chi connectivity index (χ0) is 11.2. The van der Waals surface area contributed by atoms with Crippen molar-refractivity contribution in [3.8, 4) is 0 Å². The maximum atomic E-state index is 9.06. The van der Waals surface area contributed by atoms with Crippen molar-refractivity contribution in [1.82, 2.24) is 5.32 Å². The van der Waals surface area contributed by atoms with E-state index in [1.54, 1.807) is 0 Å². The SMILES string of the molecule is OCC1CCC(NCC2=CCCOC2)CC1. The quantitative estimate of drug-likeness (QED) is 0.712. The third kappa shape index (κ3) is 3.58. The normalized spacial score (nSPS) is 31.2. The van der Waals surface area contributed by atoms with Crippen LogP contribution in [0.4, 0.5) is 0 Å². The second-order valence-electron chi connectivity index (χ2n) is 4.98. The first-order chi connectivity index (χ1) is 7.88. The Morgan fingerprint density at radius 3 is 2.75 bits per heavy atom. The first-order valence-electron chi connectivity index (χ1n) is 6.48. The number of hydrogen-bond donors (Lipinski definition) is 2. The van der Waals surface area contributed by atoms with Gasteiger partial charge in [-0.25, -0.2) is 0 Å². The Morgan fingerprint density at radius 2 is 2.12 bits per heavy atom. The number of ether oxygens (including phenoxy) is 1. The molecule has 2 N–H and O–H groups in total. The third-order valence-corrected chi connectivity index (χ3v) is 3.71. The standard InChI is InChI=1S/C13H23NO2/c15-9-11-3-5-13(6-4-11)14-8-12-2-1-7-16-10-12/h2,11,13-15H,1,3-10H2. The second-order valence-corrected chi connectivity index (χ2v) is 4.98. The van der Waals surface area contributed by atoms with E-state index in [-0.39, 0.29) is 0 Å². The molecule has 1 heterocycles. The summed E-state index contributed by atoms with van der Waals surface area (Å²) in [5.74, 6) is 0.551. The summed E-state index contributed by atoms with van der Waals surface area (Å²) in [6.07, 6.45) is 8.12. The molecular weight excluding hydrogens is 202 g/mol. The predicted octanol–water partition coefficient (Wildman–Crippen LogP) is 1.47. The fourth-order valence-corrected chi connectivity index (χ4v) is 2.56. The van der Waals surface area contributed by atoms with Gasteiger partial charge in [0, 0.05) is 19.2 Å². The molecule has 16 heavy (non-hydrogen) atoms. The summed E-state index contributed by atoms with van der Waals surface area (Å²) in [6.45, 7) is 3.03. The smallest absolute Gasteiger partial charge is 0.0689 e. The molecule has 0 atom stereocenters. The molecule has 92 valence electrons. The van der Waals surface area contributed by atoms with Gasteiger partial charge < -0.3 is 15.2 Å². The number of nitrogens with one attached hydrogen (secondary N) is 1. The van der Waals surface area contributed by atoms with Crippen LogP contribution in [0.3, 0.4) is 0 Å². The van der Waals surface area contributed by atoms with Crippen LogP contribution in [0, 0.1) is 5.92 Å². The van der Waals surface area contributed by atoms with Gasteiger partial charge in [0.1, 0.15) is 0 Å². The van der Waals surface area contributed by atoms with Crippen molar-refractivity contribution in [2.45, 2.75) is 38.1 Å². The molecule has 0 aromatic heterocycles. The van der Waals surface area contributed by atoms with E-state index in [4.69, 9.17) is 9.84 Å². The molecule has 0 saturated heterocycles. The van der Waals surface area contributed by atoms with Gasteiger partial charge in [0.15, 0.2) is 0 Å². The highest BCUT2D eigenvalue weighted by Gasteiger charge is 2.20. The molecule has 1 aliphatic heterocycles. The van der Waals surface area contributed by atoms with Crippen molar-refractivity contribution in [3.05, 3.63) is 11.6 Å². The lowest BCUT2D eigenvalue weighted by Gasteiger charge is -2.28. The van der Waals surface area contributed by atoms with Crippen molar-refractivity contribution in [1.29, 1.82) is 0 Å². The first-order valence-corrected chi connectivity index (χ1v) is 6.48. The molecule has 0 amide bonds. The van der Waals surface area contributed by atoms with Gasteiger partial charge in [-0.1, -0.05) is 6.08 Å². The van der Waals surface area contributed by atoms with Crippen LogP contribution in [0.2, 0.25) is 0 Å². The van der Waals surface area contributed by atoms with E-state index < -0.39 is 0 Å². The van der Waals surface area contributed by atoms with Crippen LogP contribution in [0.15, 0.2) is 11.6 Å². The van der Waals surface area contributed by atoms with E-state index in [2.05, 4.69) is 11.4 Å². The Kier molecular flexibility index (Phi) is 4.82. The fraction of sp³-hybridized carbons (Fsp3) is 0.846. The van der Waals surface area contributed by atoms with Gasteiger partial charge in [-0.3, -0.25) is 0 Å². The number of hydrogen-bond acceptors (Lipinski definition) is 3. The Morgan fingerprint density at radius 1 is 1.31 bits per heavy atom. The van der Waals surface area contributed by atoms with Gasteiger partial charge in [0.05, 0.1) is 13.2 Å². The Labute approximate surface area is 97.9 Å². The van der Waals surface area contributed by atoms with Gasteiger partial charge in [0.2, 0.25) is 0 Å². The molecule has 1 saturated carbocycles. The zero-order valence-corrected chi connectivity index (χ0v) is 9.95. The molecule has 3 nitrogen and oxygen atoms in total. The summed E-state index contributed by atoms with van der Waals surface area (Å²) in [7, 11) is 0. The van der Waals surface area contributed by atoms with Gasteiger partial charge >= 0.3 is 0 Å². The second kappa shape index (κ2) is 6.38. The van der Waals surface area contributed by atoms with E-state index in [1.165, 1.54) is 31.3 Å². The zero-order valence-electron chi connectivity index (χ0n) is 9.95. The van der Waals surface area contributed by atoms with Crippen molar-refractivity contribution in [3.63, 3.8) is 0 Å². The molecular formula is C13H23NO2. The summed E-state index contributed by atoms with van der Waals surface area (Å²) in [4.78, 5) is 0. The van der Waals surface area contributed by atoms with Gasteiger partial charge in [-0.05, 0) is 43.6 Å². The summed E-state index contributed by atoms with van der Waals surface area (Å²) < 4.78 is 5.42. The van der Waals surface area contributed by atoms with Crippen molar-refractivity contribution in [2.75, 3.05) is 26.4 Å². The van der Waals surface area contributed by atoms with Crippen LogP contribution in [0.25, 0.3) is 0 Å². The predicted molar refractivity (Wildman–Crippen MR) is 64.4 cm³/mol.